The first-order chi connectivity index (χ1) is 11.1. The van der Waals surface area contributed by atoms with Crippen molar-refractivity contribution in [1.82, 2.24) is 0 Å². The smallest absolute Gasteiger partial charge is 0.257 e. The van der Waals surface area contributed by atoms with Gasteiger partial charge in [0.1, 0.15) is 17.3 Å². The second-order valence-electron chi connectivity index (χ2n) is 9.36. The predicted molar refractivity (Wildman–Crippen MR) is 80.5 cm³/mol. The van der Waals surface area contributed by atoms with E-state index in [-0.39, 0.29) is 23.7 Å². The summed E-state index contributed by atoms with van der Waals surface area (Å²) < 4.78 is 0. The molecule has 0 aromatic carbocycles. The molecule has 24 heavy (non-hydrogen) atoms. The van der Waals surface area contributed by atoms with Crippen LogP contribution >= 0.6 is 0 Å². The van der Waals surface area contributed by atoms with Crippen molar-refractivity contribution in [1.29, 1.82) is 0 Å². The van der Waals surface area contributed by atoms with Gasteiger partial charge >= 0.3 is 0 Å². The van der Waals surface area contributed by atoms with Gasteiger partial charge in [0.2, 0.25) is 12.1 Å². The lowest BCUT2D eigenvalue weighted by molar-refractivity contribution is -1.06. The van der Waals surface area contributed by atoms with Crippen LogP contribution in [0.5, 0.6) is 0 Å². The molecule has 6 rings (SSSR count). The Morgan fingerprint density at radius 2 is 1.08 bits per heavy atom. The van der Waals surface area contributed by atoms with Gasteiger partial charge in [-0.2, -0.15) is 0 Å². The third kappa shape index (κ3) is 1.03. The van der Waals surface area contributed by atoms with Gasteiger partial charge in [0.25, 0.3) is 11.1 Å². The highest BCUT2D eigenvalue weighted by atomic mass is 16.6. The number of azo groups is 2. The fraction of sp³-hybridized carbons (Fsp3) is 1.00. The molecule has 132 valence electrons. The molecular weight excluding hydrogens is 312 g/mol. The average Bonchev–Trinajstić information content (AvgIpc) is 3.09. The van der Waals surface area contributed by atoms with Crippen molar-refractivity contribution in [3.05, 3.63) is 20.8 Å². The Morgan fingerprint density at radius 1 is 0.708 bits per heavy atom. The monoisotopic (exact) mass is 336 g/mol. The molecule has 0 amide bonds. The summed E-state index contributed by atoms with van der Waals surface area (Å²) in [6.45, 7) is 7.56. The van der Waals surface area contributed by atoms with E-state index in [1.54, 1.807) is 0 Å². The molecule has 3 aliphatic carbocycles. The van der Waals surface area contributed by atoms with Crippen LogP contribution in [-0.2, 0) is 0 Å². The van der Waals surface area contributed by atoms with Gasteiger partial charge in [-0.25, -0.2) is 0 Å². The number of hydroxylamine groups is 4. The lowest BCUT2D eigenvalue weighted by atomic mass is 9.58. The molecule has 3 heterocycles. The number of hydrogen-bond acceptors (Lipinski definition) is 4. The molecule has 0 aromatic rings. The van der Waals surface area contributed by atoms with Crippen molar-refractivity contribution >= 4 is 0 Å². The van der Waals surface area contributed by atoms with Crippen LogP contribution in [0.15, 0.2) is 0 Å². The minimum Gasteiger partial charge on any atom is -0.567 e. The van der Waals surface area contributed by atoms with Crippen molar-refractivity contribution in [3.8, 4) is 0 Å². The first-order valence-electron chi connectivity index (χ1n) is 8.99. The summed E-state index contributed by atoms with van der Waals surface area (Å²) in [5.41, 5.74) is -2.54. The van der Waals surface area contributed by atoms with E-state index in [9.17, 15) is 20.8 Å². The van der Waals surface area contributed by atoms with E-state index >= 15 is 0 Å². The normalized spacial score (nSPS) is 56.8. The molecule has 8 nitrogen and oxygen atoms in total. The molecule has 8 heteroatoms. The Labute approximate surface area is 140 Å². The molecule has 3 saturated carbocycles. The van der Waals surface area contributed by atoms with E-state index in [0.717, 1.165) is 19.3 Å². The Balaban J connectivity index is 1.82. The summed E-state index contributed by atoms with van der Waals surface area (Å²) >= 11 is 0. The van der Waals surface area contributed by atoms with Crippen LogP contribution in [0.4, 0.5) is 0 Å². The van der Waals surface area contributed by atoms with Crippen molar-refractivity contribution < 1.29 is 19.4 Å². The lowest BCUT2D eigenvalue weighted by Gasteiger charge is -2.48. The van der Waals surface area contributed by atoms with E-state index < -0.39 is 28.6 Å². The van der Waals surface area contributed by atoms with E-state index in [4.69, 9.17) is 0 Å². The standard InChI is InChI=1S/C16H24N4O4/c1-14(2)15(3)10-11(16(14,4)20(24)19(15)23)13-9-7-5-6-8(9)12(10)17(21)18(13)22/h8-13H,5-7H2,1-4H3/t8-,9?,10?,11-,12?,13+,15?,16+/m1/s1. The topological polar surface area (TPSA) is 104 Å². The minimum atomic E-state index is -0.964. The fourth-order valence-electron chi connectivity index (χ4n) is 7.51. The zero-order valence-corrected chi connectivity index (χ0v) is 14.5. The zero-order valence-electron chi connectivity index (χ0n) is 14.5. The van der Waals surface area contributed by atoms with Crippen LogP contribution in [0, 0.1) is 49.9 Å². The largest absolute Gasteiger partial charge is 0.567 e. The number of fused-ring (bicyclic) bond motifs is 2. The van der Waals surface area contributed by atoms with Gasteiger partial charge in [-0.3, -0.25) is 0 Å². The van der Waals surface area contributed by atoms with Crippen molar-refractivity contribution in [3.63, 3.8) is 0 Å². The summed E-state index contributed by atoms with van der Waals surface area (Å²) in [7, 11) is 0. The van der Waals surface area contributed by atoms with Crippen LogP contribution in [0.2, 0.25) is 0 Å². The van der Waals surface area contributed by atoms with Gasteiger partial charge in [-0.15, -0.1) is 0 Å². The molecule has 0 aromatic heterocycles. The average molecular weight is 336 g/mol. The molecule has 0 N–H and O–H groups in total. The SMILES string of the molecule is CC12C3C4[C@@H]5CCCC5[C@@H]([C@@H]3[C@](C)([N+]([O-])=[N+]1[O-])C2(C)C)[N+]([O-])=[N+]4[O-]. The Kier molecular flexibility index (Phi) is 2.24. The van der Waals surface area contributed by atoms with Gasteiger partial charge in [0.15, 0.2) is 0 Å². The number of rotatable bonds is 0. The van der Waals surface area contributed by atoms with Crippen LogP contribution in [0.1, 0.15) is 47.0 Å². The summed E-state index contributed by atoms with van der Waals surface area (Å²) in [6, 6.07) is -0.970. The maximum atomic E-state index is 12.8. The Bertz CT molecular complexity index is 678. The van der Waals surface area contributed by atoms with E-state index in [1.807, 2.05) is 27.7 Å². The third-order valence-electron chi connectivity index (χ3n) is 9.12. The van der Waals surface area contributed by atoms with Crippen molar-refractivity contribution in [2.75, 3.05) is 0 Å². The molecular formula is C16H24N4O4. The van der Waals surface area contributed by atoms with Crippen LogP contribution < -0.4 is 0 Å². The maximum Gasteiger partial charge on any atom is 0.257 e. The highest BCUT2D eigenvalue weighted by Gasteiger charge is 2.95. The molecule has 0 spiro atoms. The van der Waals surface area contributed by atoms with Crippen LogP contribution in [-0.4, -0.2) is 42.6 Å². The molecule has 0 saturated heterocycles. The van der Waals surface area contributed by atoms with Gasteiger partial charge in [0.05, 0.1) is 0 Å². The molecule has 6 aliphatic rings. The van der Waals surface area contributed by atoms with Gasteiger partial charge in [-0.1, -0.05) is 6.42 Å². The first-order valence-corrected chi connectivity index (χ1v) is 8.99. The zero-order chi connectivity index (χ0) is 17.4. The van der Waals surface area contributed by atoms with Gasteiger partial charge < -0.3 is 20.8 Å². The second kappa shape index (κ2) is 3.65. The number of nitrogens with zero attached hydrogens (tertiary/aromatic N) is 4. The molecule has 4 bridgehead atoms. The van der Waals surface area contributed by atoms with E-state index in [0.29, 0.717) is 19.4 Å². The van der Waals surface area contributed by atoms with Crippen LogP contribution in [0.25, 0.3) is 0 Å². The Hall–Kier alpha value is -1.60. The summed E-state index contributed by atoms with van der Waals surface area (Å²) in [4.78, 5) is 2.35. The quantitative estimate of drug-likeness (QED) is 0.498. The Morgan fingerprint density at radius 3 is 1.46 bits per heavy atom. The third-order valence-corrected chi connectivity index (χ3v) is 9.12. The number of hydrogen-bond donors (Lipinski definition) is 0. The molecule has 4 unspecified atom stereocenters. The first kappa shape index (κ1) is 14.7. The highest BCUT2D eigenvalue weighted by Crippen LogP contribution is 2.71. The van der Waals surface area contributed by atoms with E-state index in [2.05, 4.69) is 0 Å². The fourth-order valence-corrected chi connectivity index (χ4v) is 7.51. The van der Waals surface area contributed by atoms with Crippen molar-refractivity contribution in [2.45, 2.75) is 70.1 Å². The molecule has 3 aliphatic heterocycles. The molecule has 8 atom stereocenters. The summed E-state index contributed by atoms with van der Waals surface area (Å²) in [5.74, 6) is -0.148. The van der Waals surface area contributed by atoms with Crippen molar-refractivity contribution in [2.24, 2.45) is 29.1 Å². The highest BCUT2D eigenvalue weighted by molar-refractivity contribution is 5.24. The predicted octanol–water partition coefficient (Wildman–Crippen LogP) is 1.92. The molecule has 0 radical (unpaired) electrons. The maximum absolute atomic E-state index is 12.8. The molecule has 3 fully saturated rings. The second-order valence-corrected chi connectivity index (χ2v) is 9.36. The van der Waals surface area contributed by atoms with Gasteiger partial charge in [-0.05, 0) is 26.7 Å². The van der Waals surface area contributed by atoms with E-state index in [1.165, 1.54) is 0 Å². The van der Waals surface area contributed by atoms with Crippen LogP contribution in [0.3, 0.4) is 0 Å². The summed E-state index contributed by atoms with van der Waals surface area (Å²) in [5, 5.41) is 51.1. The minimum absolute atomic E-state index is 0.169. The lowest BCUT2D eigenvalue weighted by Crippen LogP contribution is -2.71. The van der Waals surface area contributed by atoms with Gasteiger partial charge in [0, 0.05) is 45.1 Å². The summed E-state index contributed by atoms with van der Waals surface area (Å²) in [6.07, 6.45) is 2.89.